The van der Waals surface area contributed by atoms with Crippen LogP contribution in [0.1, 0.15) is 5.69 Å². The molecule has 0 aliphatic heterocycles. The van der Waals surface area contributed by atoms with Gasteiger partial charge in [0.25, 0.3) is 0 Å². The summed E-state index contributed by atoms with van der Waals surface area (Å²) in [6, 6.07) is 9.99. The third-order valence-electron chi connectivity index (χ3n) is 3.43. The van der Waals surface area contributed by atoms with Crippen molar-refractivity contribution in [1.82, 2.24) is 14.8 Å². The summed E-state index contributed by atoms with van der Waals surface area (Å²) < 4.78 is 7.21. The summed E-state index contributed by atoms with van der Waals surface area (Å²) in [6.45, 7) is 0.792. The lowest BCUT2D eigenvalue weighted by Gasteiger charge is -2.10. The van der Waals surface area contributed by atoms with Gasteiger partial charge < -0.3 is 10.1 Å². The fraction of sp³-hybridized carbons (Fsp3) is 0.250. The molecule has 108 valence electrons. The van der Waals surface area contributed by atoms with E-state index in [1.54, 1.807) is 13.3 Å². The monoisotopic (exact) mass is 282 g/mol. The lowest BCUT2D eigenvalue weighted by molar-refractivity contribution is 0.420. The van der Waals surface area contributed by atoms with Gasteiger partial charge in [-0.1, -0.05) is 12.1 Å². The van der Waals surface area contributed by atoms with Crippen LogP contribution in [0.25, 0.3) is 10.8 Å². The predicted molar refractivity (Wildman–Crippen MR) is 83.7 cm³/mol. The molecule has 5 heteroatoms. The molecule has 0 spiro atoms. The average Bonchev–Trinajstić information content (AvgIpc) is 2.92. The number of nitrogens with zero attached hydrogens (tertiary/aromatic N) is 3. The molecule has 2 aromatic heterocycles. The van der Waals surface area contributed by atoms with Crippen LogP contribution in [0, 0.1) is 0 Å². The second kappa shape index (κ2) is 5.83. The van der Waals surface area contributed by atoms with Crippen molar-refractivity contribution in [3.63, 3.8) is 0 Å². The minimum absolute atomic E-state index is 0.792. The summed E-state index contributed by atoms with van der Waals surface area (Å²) in [6.07, 6.45) is 4.62. The molecule has 0 bridgehead atoms. The van der Waals surface area contributed by atoms with Crippen LogP contribution in [0.5, 0.6) is 5.75 Å². The summed E-state index contributed by atoms with van der Waals surface area (Å²) >= 11 is 0. The summed E-state index contributed by atoms with van der Waals surface area (Å²) in [7, 11) is 3.61. The summed E-state index contributed by atoms with van der Waals surface area (Å²) in [5, 5.41) is 9.88. The number of hydrogen-bond acceptors (Lipinski definition) is 4. The van der Waals surface area contributed by atoms with E-state index in [0.717, 1.165) is 41.0 Å². The first-order valence-corrected chi connectivity index (χ1v) is 6.92. The van der Waals surface area contributed by atoms with E-state index in [4.69, 9.17) is 4.74 Å². The summed E-state index contributed by atoms with van der Waals surface area (Å²) in [5.41, 5.74) is 1.07. The maximum atomic E-state index is 5.39. The smallest absolute Gasteiger partial charge is 0.133 e. The second-order valence-electron chi connectivity index (χ2n) is 4.87. The zero-order valence-electron chi connectivity index (χ0n) is 12.2. The molecule has 3 rings (SSSR count). The van der Waals surface area contributed by atoms with E-state index in [2.05, 4.69) is 15.4 Å². The van der Waals surface area contributed by atoms with Crippen LogP contribution >= 0.6 is 0 Å². The van der Waals surface area contributed by atoms with Crippen molar-refractivity contribution >= 4 is 16.6 Å². The van der Waals surface area contributed by atoms with Crippen molar-refractivity contribution in [1.29, 1.82) is 0 Å². The number of methoxy groups -OCH3 is 1. The van der Waals surface area contributed by atoms with Crippen LogP contribution in [-0.2, 0) is 13.5 Å². The molecule has 0 saturated heterocycles. The maximum Gasteiger partial charge on any atom is 0.133 e. The first kappa shape index (κ1) is 13.4. The molecule has 5 nitrogen and oxygen atoms in total. The Balaban J connectivity index is 1.77. The van der Waals surface area contributed by atoms with Crippen LogP contribution in [0.4, 0.5) is 5.82 Å². The van der Waals surface area contributed by atoms with Gasteiger partial charge in [0.2, 0.25) is 0 Å². The SMILES string of the molecule is COc1cccc2c(NCCc3ccn(C)n3)nccc12. The minimum atomic E-state index is 0.792. The Labute approximate surface area is 123 Å². The standard InChI is InChI=1S/C16H18N4O/c1-20-11-8-12(19-20)6-9-17-16-14-4-3-5-15(21-2)13(14)7-10-18-16/h3-5,7-8,10-11H,6,9H2,1-2H3,(H,17,18). The largest absolute Gasteiger partial charge is 0.496 e. The van der Waals surface area contributed by atoms with Crippen molar-refractivity contribution in [3.8, 4) is 5.75 Å². The molecule has 0 aliphatic rings. The van der Waals surface area contributed by atoms with Gasteiger partial charge in [-0.3, -0.25) is 4.68 Å². The van der Waals surface area contributed by atoms with Gasteiger partial charge in [-0.2, -0.15) is 5.10 Å². The van der Waals surface area contributed by atoms with Crippen LogP contribution in [-0.4, -0.2) is 28.4 Å². The first-order chi connectivity index (χ1) is 10.3. The van der Waals surface area contributed by atoms with Gasteiger partial charge in [-0.25, -0.2) is 4.98 Å². The number of rotatable bonds is 5. The van der Waals surface area contributed by atoms with E-state index in [9.17, 15) is 0 Å². The molecular formula is C16H18N4O. The van der Waals surface area contributed by atoms with E-state index in [-0.39, 0.29) is 0 Å². The molecule has 0 unspecified atom stereocenters. The lowest BCUT2D eigenvalue weighted by Crippen LogP contribution is -2.07. The number of nitrogens with one attached hydrogen (secondary N) is 1. The quantitative estimate of drug-likeness (QED) is 0.781. The zero-order valence-corrected chi connectivity index (χ0v) is 12.2. The van der Waals surface area contributed by atoms with Crippen molar-refractivity contribution < 1.29 is 4.74 Å². The van der Waals surface area contributed by atoms with Gasteiger partial charge in [0.15, 0.2) is 0 Å². The first-order valence-electron chi connectivity index (χ1n) is 6.92. The van der Waals surface area contributed by atoms with Crippen LogP contribution < -0.4 is 10.1 Å². The molecule has 0 amide bonds. The van der Waals surface area contributed by atoms with Gasteiger partial charge in [0.05, 0.1) is 12.8 Å². The number of fused-ring (bicyclic) bond motifs is 1. The van der Waals surface area contributed by atoms with Gasteiger partial charge in [0, 0.05) is 43.2 Å². The average molecular weight is 282 g/mol. The van der Waals surface area contributed by atoms with E-state index in [1.165, 1.54) is 0 Å². The molecule has 0 fully saturated rings. The topological polar surface area (TPSA) is 52.0 Å². The predicted octanol–water partition coefficient (Wildman–Crippen LogP) is 2.63. The number of benzene rings is 1. The second-order valence-corrected chi connectivity index (χ2v) is 4.87. The van der Waals surface area contributed by atoms with Crippen LogP contribution in [0.2, 0.25) is 0 Å². The van der Waals surface area contributed by atoms with Crippen LogP contribution in [0.3, 0.4) is 0 Å². The van der Waals surface area contributed by atoms with Gasteiger partial charge >= 0.3 is 0 Å². The Bertz CT molecular complexity index is 751. The molecule has 0 aliphatic carbocycles. The number of hydrogen-bond donors (Lipinski definition) is 1. The number of aromatic nitrogens is 3. The molecule has 0 atom stereocenters. The highest BCUT2D eigenvalue weighted by atomic mass is 16.5. The number of pyridine rings is 1. The molecule has 2 heterocycles. The Hall–Kier alpha value is -2.56. The maximum absolute atomic E-state index is 5.39. The zero-order chi connectivity index (χ0) is 14.7. The normalized spacial score (nSPS) is 10.8. The molecule has 0 saturated carbocycles. The molecular weight excluding hydrogens is 264 g/mol. The molecule has 3 aromatic rings. The summed E-state index contributed by atoms with van der Waals surface area (Å²) in [5.74, 6) is 1.74. The molecule has 0 radical (unpaired) electrons. The van der Waals surface area contributed by atoms with E-state index >= 15 is 0 Å². The lowest BCUT2D eigenvalue weighted by atomic mass is 10.1. The number of anilines is 1. The van der Waals surface area contributed by atoms with E-state index in [0.29, 0.717) is 0 Å². The van der Waals surface area contributed by atoms with Gasteiger partial charge in [-0.15, -0.1) is 0 Å². The van der Waals surface area contributed by atoms with Crippen molar-refractivity contribution in [2.24, 2.45) is 7.05 Å². The Morgan fingerprint density at radius 3 is 2.86 bits per heavy atom. The Morgan fingerprint density at radius 1 is 1.19 bits per heavy atom. The number of ether oxygens (including phenoxy) is 1. The van der Waals surface area contributed by atoms with Gasteiger partial charge in [0.1, 0.15) is 11.6 Å². The van der Waals surface area contributed by atoms with E-state index in [1.807, 2.05) is 48.3 Å². The van der Waals surface area contributed by atoms with Crippen molar-refractivity contribution in [2.45, 2.75) is 6.42 Å². The fourth-order valence-corrected chi connectivity index (χ4v) is 2.40. The third-order valence-corrected chi connectivity index (χ3v) is 3.43. The van der Waals surface area contributed by atoms with Crippen molar-refractivity contribution in [3.05, 3.63) is 48.4 Å². The number of aryl methyl sites for hydroxylation is 1. The third kappa shape index (κ3) is 2.81. The molecule has 1 aromatic carbocycles. The van der Waals surface area contributed by atoms with Crippen LogP contribution in [0.15, 0.2) is 42.7 Å². The molecule has 1 N–H and O–H groups in total. The van der Waals surface area contributed by atoms with Gasteiger partial charge in [-0.05, 0) is 18.2 Å². The highest BCUT2D eigenvalue weighted by Gasteiger charge is 2.06. The van der Waals surface area contributed by atoms with Crippen molar-refractivity contribution in [2.75, 3.05) is 19.0 Å². The Morgan fingerprint density at radius 2 is 2.10 bits per heavy atom. The Kier molecular flexibility index (Phi) is 3.73. The highest BCUT2D eigenvalue weighted by Crippen LogP contribution is 2.28. The highest BCUT2D eigenvalue weighted by molar-refractivity contribution is 5.95. The molecule has 21 heavy (non-hydrogen) atoms. The summed E-state index contributed by atoms with van der Waals surface area (Å²) in [4.78, 5) is 4.43. The van der Waals surface area contributed by atoms with E-state index < -0.39 is 0 Å². The fourth-order valence-electron chi connectivity index (χ4n) is 2.40. The minimum Gasteiger partial charge on any atom is -0.496 e.